The van der Waals surface area contributed by atoms with Gasteiger partial charge in [0.25, 0.3) is 0 Å². The van der Waals surface area contributed by atoms with Crippen molar-refractivity contribution in [2.45, 2.75) is 39.7 Å². The predicted octanol–water partition coefficient (Wildman–Crippen LogP) is 3.05. The zero-order chi connectivity index (χ0) is 13.5. The second-order valence-electron chi connectivity index (χ2n) is 4.85. The molecule has 0 aliphatic carbocycles. The van der Waals surface area contributed by atoms with Crippen LogP contribution in [0.3, 0.4) is 0 Å². The monoisotopic (exact) mass is 248 g/mol. The normalized spacial score (nSPS) is 12.0. The Hall–Kier alpha value is -1.51. The lowest BCUT2D eigenvalue weighted by atomic mass is 10.2. The fourth-order valence-electron chi connectivity index (χ4n) is 1.88. The molecule has 1 aromatic carbocycles. The molecule has 0 saturated heterocycles. The number of rotatable bonds is 6. The molecule has 0 fully saturated rings. The van der Waals surface area contributed by atoms with Gasteiger partial charge in [-0.15, -0.1) is 0 Å². The van der Waals surface area contributed by atoms with Crippen LogP contribution < -0.4 is 5.32 Å². The van der Waals surface area contributed by atoms with Gasteiger partial charge in [0.15, 0.2) is 0 Å². The van der Waals surface area contributed by atoms with Crippen molar-refractivity contribution >= 4 is 11.6 Å². The minimum atomic E-state index is -0.186. The number of nitrogens with one attached hydrogen (secondary N) is 1. The number of likely N-dealkylation sites (N-methyl/N-ethyl adjacent to an activating group) is 1. The van der Waals surface area contributed by atoms with E-state index in [0.717, 1.165) is 25.1 Å². The molecule has 0 radical (unpaired) electrons. The lowest BCUT2D eigenvalue weighted by molar-refractivity contribution is -0.130. The highest BCUT2D eigenvalue weighted by molar-refractivity contribution is 5.84. The number of amides is 1. The third-order valence-electron chi connectivity index (χ3n) is 2.99. The third-order valence-corrected chi connectivity index (χ3v) is 2.99. The molecular weight excluding hydrogens is 224 g/mol. The summed E-state index contributed by atoms with van der Waals surface area (Å²) in [6.07, 6.45) is 2.16. The Morgan fingerprint density at radius 3 is 2.78 bits per heavy atom. The minimum absolute atomic E-state index is 0.143. The SMILES string of the molecule is CCCCN(C)C(=O)C(C)Nc1cccc(C)c1. The van der Waals surface area contributed by atoms with E-state index in [4.69, 9.17) is 0 Å². The second-order valence-corrected chi connectivity index (χ2v) is 4.85. The number of carbonyl (C=O) groups is 1. The summed E-state index contributed by atoms with van der Waals surface area (Å²) >= 11 is 0. The van der Waals surface area contributed by atoms with Crippen molar-refractivity contribution in [2.24, 2.45) is 0 Å². The Morgan fingerprint density at radius 2 is 2.17 bits per heavy atom. The van der Waals surface area contributed by atoms with Gasteiger partial charge in [-0.25, -0.2) is 0 Å². The van der Waals surface area contributed by atoms with Crippen LogP contribution >= 0.6 is 0 Å². The van der Waals surface area contributed by atoms with E-state index < -0.39 is 0 Å². The summed E-state index contributed by atoms with van der Waals surface area (Å²) in [4.78, 5) is 13.9. The molecule has 100 valence electrons. The number of unbranched alkanes of at least 4 members (excludes halogenated alkanes) is 1. The zero-order valence-corrected chi connectivity index (χ0v) is 11.9. The summed E-state index contributed by atoms with van der Waals surface area (Å²) in [5.41, 5.74) is 2.19. The summed E-state index contributed by atoms with van der Waals surface area (Å²) < 4.78 is 0. The summed E-state index contributed by atoms with van der Waals surface area (Å²) in [7, 11) is 1.87. The van der Waals surface area contributed by atoms with E-state index in [1.54, 1.807) is 4.90 Å². The highest BCUT2D eigenvalue weighted by Crippen LogP contribution is 2.11. The maximum atomic E-state index is 12.1. The molecule has 0 aliphatic rings. The van der Waals surface area contributed by atoms with Crippen LogP contribution in [0, 0.1) is 6.92 Å². The number of nitrogens with zero attached hydrogens (tertiary/aromatic N) is 1. The molecule has 0 spiro atoms. The highest BCUT2D eigenvalue weighted by Gasteiger charge is 2.16. The molecule has 0 saturated carbocycles. The molecule has 3 nitrogen and oxygen atoms in total. The third kappa shape index (κ3) is 4.40. The number of anilines is 1. The predicted molar refractivity (Wildman–Crippen MR) is 76.8 cm³/mol. The molecule has 1 amide bonds. The van der Waals surface area contributed by atoms with Crippen LogP contribution in [0.5, 0.6) is 0 Å². The van der Waals surface area contributed by atoms with Crippen LogP contribution in [-0.2, 0) is 4.79 Å². The second kappa shape index (κ2) is 7.04. The van der Waals surface area contributed by atoms with Gasteiger partial charge >= 0.3 is 0 Å². The average molecular weight is 248 g/mol. The molecule has 1 aromatic rings. The van der Waals surface area contributed by atoms with E-state index in [0.29, 0.717) is 0 Å². The molecule has 0 aromatic heterocycles. The van der Waals surface area contributed by atoms with Gasteiger partial charge in [0.05, 0.1) is 0 Å². The van der Waals surface area contributed by atoms with Crippen LogP contribution in [0.15, 0.2) is 24.3 Å². The van der Waals surface area contributed by atoms with Gasteiger partial charge in [-0.3, -0.25) is 4.79 Å². The summed E-state index contributed by atoms with van der Waals surface area (Å²) in [5, 5.41) is 3.25. The van der Waals surface area contributed by atoms with Gasteiger partial charge in [0, 0.05) is 19.3 Å². The number of benzene rings is 1. The maximum absolute atomic E-state index is 12.1. The van der Waals surface area contributed by atoms with E-state index in [1.165, 1.54) is 5.56 Å². The van der Waals surface area contributed by atoms with Crippen molar-refractivity contribution in [2.75, 3.05) is 18.9 Å². The van der Waals surface area contributed by atoms with Crippen molar-refractivity contribution in [3.05, 3.63) is 29.8 Å². The Labute approximate surface area is 110 Å². The van der Waals surface area contributed by atoms with Crippen LogP contribution in [0.1, 0.15) is 32.3 Å². The maximum Gasteiger partial charge on any atom is 0.244 e. The first-order valence-electron chi connectivity index (χ1n) is 6.62. The molecule has 1 N–H and O–H groups in total. The van der Waals surface area contributed by atoms with Crippen LogP contribution in [0.25, 0.3) is 0 Å². The van der Waals surface area contributed by atoms with Crippen LogP contribution in [-0.4, -0.2) is 30.4 Å². The minimum Gasteiger partial charge on any atom is -0.374 e. The van der Waals surface area contributed by atoms with Crippen molar-refractivity contribution in [3.63, 3.8) is 0 Å². The molecular formula is C15H24N2O. The van der Waals surface area contributed by atoms with Gasteiger partial charge in [0.1, 0.15) is 6.04 Å². The molecule has 0 bridgehead atoms. The van der Waals surface area contributed by atoms with E-state index in [9.17, 15) is 4.79 Å². The van der Waals surface area contributed by atoms with Gasteiger partial charge in [-0.1, -0.05) is 25.5 Å². The first kappa shape index (κ1) is 14.6. The first-order chi connectivity index (χ1) is 8.54. The molecule has 1 rings (SSSR count). The van der Waals surface area contributed by atoms with Crippen LogP contribution in [0.4, 0.5) is 5.69 Å². The van der Waals surface area contributed by atoms with Crippen molar-refractivity contribution in [1.29, 1.82) is 0 Å². The lowest BCUT2D eigenvalue weighted by Crippen LogP contribution is -2.39. The van der Waals surface area contributed by atoms with E-state index >= 15 is 0 Å². The van der Waals surface area contributed by atoms with Gasteiger partial charge in [0.2, 0.25) is 5.91 Å². The fourth-order valence-corrected chi connectivity index (χ4v) is 1.88. The number of carbonyl (C=O) groups excluding carboxylic acids is 1. The molecule has 3 heteroatoms. The lowest BCUT2D eigenvalue weighted by Gasteiger charge is -2.22. The van der Waals surface area contributed by atoms with Crippen molar-refractivity contribution in [3.8, 4) is 0 Å². The molecule has 1 unspecified atom stereocenters. The Balaban J connectivity index is 2.54. The topological polar surface area (TPSA) is 32.3 Å². The quantitative estimate of drug-likeness (QED) is 0.839. The number of hydrogen-bond donors (Lipinski definition) is 1. The first-order valence-corrected chi connectivity index (χ1v) is 6.62. The summed E-state index contributed by atoms with van der Waals surface area (Å²) in [5.74, 6) is 0.143. The Bertz CT molecular complexity index is 390. The number of hydrogen-bond acceptors (Lipinski definition) is 2. The average Bonchev–Trinajstić information content (AvgIpc) is 2.35. The standard InChI is InChI=1S/C15H24N2O/c1-5-6-10-17(4)15(18)13(3)16-14-9-7-8-12(2)11-14/h7-9,11,13,16H,5-6,10H2,1-4H3. The van der Waals surface area contributed by atoms with Gasteiger partial charge in [-0.05, 0) is 38.0 Å². The highest BCUT2D eigenvalue weighted by atomic mass is 16.2. The molecule has 1 atom stereocenters. The molecule has 0 aliphatic heterocycles. The smallest absolute Gasteiger partial charge is 0.244 e. The van der Waals surface area contributed by atoms with Crippen molar-refractivity contribution in [1.82, 2.24) is 4.90 Å². The van der Waals surface area contributed by atoms with E-state index in [2.05, 4.69) is 18.3 Å². The molecule has 18 heavy (non-hydrogen) atoms. The molecule has 0 heterocycles. The van der Waals surface area contributed by atoms with E-state index in [-0.39, 0.29) is 11.9 Å². The van der Waals surface area contributed by atoms with Crippen LogP contribution in [0.2, 0.25) is 0 Å². The summed E-state index contributed by atoms with van der Waals surface area (Å²) in [6, 6.07) is 7.90. The Morgan fingerprint density at radius 1 is 1.44 bits per heavy atom. The Kier molecular flexibility index (Phi) is 5.69. The number of aryl methyl sites for hydroxylation is 1. The largest absolute Gasteiger partial charge is 0.374 e. The fraction of sp³-hybridized carbons (Fsp3) is 0.533. The zero-order valence-electron chi connectivity index (χ0n) is 11.9. The van der Waals surface area contributed by atoms with Gasteiger partial charge < -0.3 is 10.2 Å². The van der Waals surface area contributed by atoms with E-state index in [1.807, 2.05) is 39.1 Å². The van der Waals surface area contributed by atoms with Crippen molar-refractivity contribution < 1.29 is 4.79 Å². The summed E-state index contributed by atoms with van der Waals surface area (Å²) in [6.45, 7) is 6.92. The van der Waals surface area contributed by atoms with Gasteiger partial charge in [-0.2, -0.15) is 0 Å².